The van der Waals surface area contributed by atoms with E-state index >= 15 is 0 Å². The van der Waals surface area contributed by atoms with Crippen molar-refractivity contribution in [3.8, 4) is 5.75 Å². The lowest BCUT2D eigenvalue weighted by atomic mass is 10.2. The van der Waals surface area contributed by atoms with Crippen molar-refractivity contribution in [1.82, 2.24) is 5.32 Å². The first kappa shape index (κ1) is 17.5. The summed E-state index contributed by atoms with van der Waals surface area (Å²) in [5, 5.41) is 2.92. The fourth-order valence-corrected chi connectivity index (χ4v) is 4.21. The molecule has 0 unspecified atom stereocenters. The van der Waals surface area contributed by atoms with E-state index in [1.165, 1.54) is 31.4 Å². The Morgan fingerprint density at radius 2 is 1.84 bits per heavy atom. The third-order valence-corrected chi connectivity index (χ3v) is 5.98. The number of carbonyl (C=O) groups is 1. The molecule has 1 saturated carbocycles. The molecule has 0 atom stereocenters. The van der Waals surface area contributed by atoms with Crippen molar-refractivity contribution in [3.05, 3.63) is 47.9 Å². The Balaban J connectivity index is 1.68. The van der Waals surface area contributed by atoms with Gasteiger partial charge >= 0.3 is 0 Å². The van der Waals surface area contributed by atoms with Crippen LogP contribution in [0.25, 0.3) is 0 Å². The molecule has 2 aromatic rings. The molecule has 1 aliphatic carbocycles. The standard InChI is InChI=1S/C18H21NO5S/c1-23-14-6-9-16(10-7-14)25(21,22)12-15-8-11-17(24-15)18(20)19-13-4-2-3-5-13/h6-11,13H,2-5,12H2,1H3,(H,19,20). The van der Waals surface area contributed by atoms with Crippen LogP contribution in [0.5, 0.6) is 5.75 Å². The maximum absolute atomic E-state index is 12.5. The molecule has 6 nitrogen and oxygen atoms in total. The van der Waals surface area contributed by atoms with Crippen LogP contribution in [0.3, 0.4) is 0 Å². The van der Waals surface area contributed by atoms with Crippen LogP contribution in [0.15, 0.2) is 45.7 Å². The zero-order valence-corrected chi connectivity index (χ0v) is 14.8. The van der Waals surface area contributed by atoms with Gasteiger partial charge in [0.15, 0.2) is 15.6 Å². The largest absolute Gasteiger partial charge is 0.497 e. The summed E-state index contributed by atoms with van der Waals surface area (Å²) in [5.41, 5.74) is 0. The number of sulfone groups is 1. The highest BCUT2D eigenvalue weighted by Gasteiger charge is 2.22. The highest BCUT2D eigenvalue weighted by Crippen LogP contribution is 2.22. The minimum absolute atomic E-state index is 0.145. The lowest BCUT2D eigenvalue weighted by Crippen LogP contribution is -2.32. The van der Waals surface area contributed by atoms with Gasteiger partial charge in [-0.2, -0.15) is 0 Å². The number of hydrogen-bond acceptors (Lipinski definition) is 5. The van der Waals surface area contributed by atoms with Gasteiger partial charge in [-0.25, -0.2) is 8.42 Å². The minimum atomic E-state index is -3.55. The lowest BCUT2D eigenvalue weighted by Gasteiger charge is -2.09. The molecule has 1 amide bonds. The maximum Gasteiger partial charge on any atom is 0.287 e. The molecule has 0 aliphatic heterocycles. The summed E-state index contributed by atoms with van der Waals surface area (Å²) in [6, 6.07) is 9.40. The van der Waals surface area contributed by atoms with E-state index in [-0.39, 0.29) is 34.1 Å². The Labute approximate surface area is 147 Å². The van der Waals surface area contributed by atoms with Crippen molar-refractivity contribution in [2.75, 3.05) is 7.11 Å². The number of amides is 1. The van der Waals surface area contributed by atoms with E-state index in [1.54, 1.807) is 12.1 Å². The first-order valence-corrected chi connectivity index (χ1v) is 9.89. The second-order valence-electron chi connectivity index (χ2n) is 6.16. The number of carbonyl (C=O) groups excluding carboxylic acids is 1. The maximum atomic E-state index is 12.5. The number of rotatable bonds is 6. The van der Waals surface area contributed by atoms with Crippen LogP contribution < -0.4 is 10.1 Å². The van der Waals surface area contributed by atoms with Gasteiger partial charge in [0.25, 0.3) is 5.91 Å². The van der Waals surface area contributed by atoms with Crippen LogP contribution >= 0.6 is 0 Å². The first-order valence-electron chi connectivity index (χ1n) is 8.24. The van der Waals surface area contributed by atoms with Crippen LogP contribution in [-0.4, -0.2) is 27.5 Å². The Kier molecular flexibility index (Phi) is 5.13. The lowest BCUT2D eigenvalue weighted by molar-refractivity contribution is 0.0908. The molecular weight excluding hydrogens is 342 g/mol. The smallest absolute Gasteiger partial charge is 0.287 e. The van der Waals surface area contributed by atoms with Gasteiger partial charge in [0.1, 0.15) is 17.3 Å². The number of hydrogen-bond donors (Lipinski definition) is 1. The first-order chi connectivity index (χ1) is 12.0. The van der Waals surface area contributed by atoms with Crippen LogP contribution in [0.4, 0.5) is 0 Å². The molecule has 0 saturated heterocycles. The van der Waals surface area contributed by atoms with Crippen molar-refractivity contribution in [1.29, 1.82) is 0 Å². The molecule has 0 radical (unpaired) electrons. The second kappa shape index (κ2) is 7.31. The molecule has 0 spiro atoms. The highest BCUT2D eigenvalue weighted by atomic mass is 32.2. The van der Waals surface area contributed by atoms with Crippen LogP contribution in [0.1, 0.15) is 42.0 Å². The molecule has 1 fully saturated rings. The molecule has 1 aromatic carbocycles. The Hall–Kier alpha value is -2.28. The average Bonchev–Trinajstić information content (AvgIpc) is 3.26. The van der Waals surface area contributed by atoms with E-state index in [1.807, 2.05) is 0 Å². The number of nitrogens with one attached hydrogen (secondary N) is 1. The SMILES string of the molecule is COc1ccc(S(=O)(=O)Cc2ccc(C(=O)NC3CCCC3)o2)cc1. The molecule has 0 bridgehead atoms. The van der Waals surface area contributed by atoms with Crippen molar-refractivity contribution in [3.63, 3.8) is 0 Å². The summed E-state index contributed by atoms with van der Waals surface area (Å²) in [6.45, 7) is 0. The van der Waals surface area contributed by atoms with Gasteiger partial charge in [0.05, 0.1) is 12.0 Å². The van der Waals surface area contributed by atoms with Crippen molar-refractivity contribution in [2.24, 2.45) is 0 Å². The zero-order valence-electron chi connectivity index (χ0n) is 14.0. The van der Waals surface area contributed by atoms with Crippen LogP contribution in [0, 0.1) is 0 Å². The molecule has 1 heterocycles. The summed E-state index contributed by atoms with van der Waals surface area (Å²) in [4.78, 5) is 12.3. The normalized spacial score (nSPS) is 15.2. The quantitative estimate of drug-likeness (QED) is 0.853. The van der Waals surface area contributed by atoms with Gasteiger partial charge in [-0.3, -0.25) is 4.79 Å². The highest BCUT2D eigenvalue weighted by molar-refractivity contribution is 7.90. The van der Waals surface area contributed by atoms with Gasteiger partial charge in [0, 0.05) is 6.04 Å². The van der Waals surface area contributed by atoms with Gasteiger partial charge in [-0.05, 0) is 49.2 Å². The monoisotopic (exact) mass is 363 g/mol. The fraction of sp³-hybridized carbons (Fsp3) is 0.389. The molecule has 25 heavy (non-hydrogen) atoms. The molecule has 3 rings (SSSR count). The minimum Gasteiger partial charge on any atom is -0.497 e. The topological polar surface area (TPSA) is 85.6 Å². The Bertz CT molecular complexity index is 833. The summed E-state index contributed by atoms with van der Waals surface area (Å²) < 4.78 is 35.4. The molecule has 1 N–H and O–H groups in total. The third kappa shape index (κ3) is 4.22. The third-order valence-electron chi connectivity index (χ3n) is 4.33. The van der Waals surface area contributed by atoms with Crippen LogP contribution in [0.2, 0.25) is 0 Å². The summed E-state index contributed by atoms with van der Waals surface area (Å²) >= 11 is 0. The molecule has 1 aromatic heterocycles. The molecular formula is C18H21NO5S. The number of methoxy groups -OCH3 is 1. The Morgan fingerprint density at radius 1 is 1.16 bits per heavy atom. The van der Waals surface area contributed by atoms with Crippen LogP contribution in [-0.2, 0) is 15.6 Å². The summed E-state index contributed by atoms with van der Waals surface area (Å²) in [5.74, 6) is 0.387. The van der Waals surface area contributed by atoms with E-state index < -0.39 is 9.84 Å². The van der Waals surface area contributed by atoms with Gasteiger partial charge < -0.3 is 14.5 Å². The van der Waals surface area contributed by atoms with Crippen molar-refractivity contribution < 1.29 is 22.4 Å². The van der Waals surface area contributed by atoms with E-state index in [4.69, 9.17) is 9.15 Å². The average molecular weight is 363 g/mol. The van der Waals surface area contributed by atoms with E-state index in [9.17, 15) is 13.2 Å². The van der Waals surface area contributed by atoms with Crippen molar-refractivity contribution in [2.45, 2.75) is 42.4 Å². The molecule has 134 valence electrons. The van der Waals surface area contributed by atoms with Gasteiger partial charge in [-0.1, -0.05) is 12.8 Å². The van der Waals surface area contributed by atoms with E-state index in [0.717, 1.165) is 25.7 Å². The zero-order chi connectivity index (χ0) is 17.9. The number of benzene rings is 1. The number of ether oxygens (including phenoxy) is 1. The Morgan fingerprint density at radius 3 is 2.48 bits per heavy atom. The van der Waals surface area contributed by atoms with Gasteiger partial charge in [-0.15, -0.1) is 0 Å². The predicted molar refractivity (Wildman–Crippen MR) is 92.3 cm³/mol. The summed E-state index contributed by atoms with van der Waals surface area (Å²) in [7, 11) is -2.04. The second-order valence-corrected chi connectivity index (χ2v) is 8.14. The van der Waals surface area contributed by atoms with Gasteiger partial charge in [0.2, 0.25) is 0 Å². The predicted octanol–water partition coefficient (Wildman–Crippen LogP) is 2.93. The fourth-order valence-electron chi connectivity index (χ4n) is 2.96. The molecule has 7 heteroatoms. The summed E-state index contributed by atoms with van der Waals surface area (Å²) in [6.07, 6.45) is 4.19. The van der Waals surface area contributed by atoms with E-state index in [2.05, 4.69) is 5.32 Å². The number of furan rings is 1. The van der Waals surface area contributed by atoms with E-state index in [0.29, 0.717) is 5.75 Å². The van der Waals surface area contributed by atoms with Crippen molar-refractivity contribution >= 4 is 15.7 Å². The molecule has 1 aliphatic rings.